The van der Waals surface area contributed by atoms with Gasteiger partial charge in [0.15, 0.2) is 6.61 Å². The lowest BCUT2D eigenvalue weighted by Gasteiger charge is -2.09. The van der Waals surface area contributed by atoms with Crippen LogP contribution < -0.4 is 10.6 Å². The summed E-state index contributed by atoms with van der Waals surface area (Å²) in [6.07, 6.45) is 0. The van der Waals surface area contributed by atoms with Crippen LogP contribution in [0.5, 0.6) is 0 Å². The van der Waals surface area contributed by atoms with Crippen LogP contribution in [-0.2, 0) is 26.2 Å². The van der Waals surface area contributed by atoms with Gasteiger partial charge < -0.3 is 15.4 Å². The van der Waals surface area contributed by atoms with Crippen LogP contribution in [0.15, 0.2) is 18.2 Å². The minimum absolute atomic E-state index is 0.0153. The molecular formula is C20H26N4O4S. The first kappa shape index (κ1) is 22.5. The number of thioether (sulfide) groups is 1. The normalized spacial score (nSPS) is 10.5. The van der Waals surface area contributed by atoms with Crippen molar-refractivity contribution in [2.75, 3.05) is 28.7 Å². The molecule has 0 aliphatic heterocycles. The van der Waals surface area contributed by atoms with Crippen LogP contribution in [0.25, 0.3) is 0 Å². The number of nitrogens with one attached hydrogen (secondary N) is 2. The molecule has 1 aromatic heterocycles. The van der Waals surface area contributed by atoms with Gasteiger partial charge in [-0.15, -0.1) is 11.8 Å². The molecule has 2 aromatic rings. The Balaban J connectivity index is 1.69. The van der Waals surface area contributed by atoms with Crippen LogP contribution >= 0.6 is 11.8 Å². The fraction of sp³-hybridized carbons (Fsp3) is 0.400. The molecule has 0 fully saturated rings. The molecular weight excluding hydrogens is 392 g/mol. The number of benzene rings is 1. The van der Waals surface area contributed by atoms with Gasteiger partial charge in [-0.25, -0.2) is 0 Å². The maximum absolute atomic E-state index is 12.0. The summed E-state index contributed by atoms with van der Waals surface area (Å²) in [6, 6.07) is 5.76. The predicted octanol–water partition coefficient (Wildman–Crippen LogP) is 2.51. The van der Waals surface area contributed by atoms with Gasteiger partial charge in [-0.3, -0.25) is 19.1 Å². The molecule has 2 N–H and O–H groups in total. The molecule has 2 rings (SSSR count). The first-order chi connectivity index (χ1) is 13.7. The third-order valence-electron chi connectivity index (χ3n) is 4.25. The number of aromatic nitrogens is 2. The Kier molecular flexibility index (Phi) is 7.83. The standard InChI is InChI=1S/C20H26N4O4S/c1-12-6-7-16(13(2)8-12)21-18(26)10-29-11-19(27)28-9-17(25)22-20-14(3)23-24(5)15(20)4/h6-8H,9-11H2,1-5H3,(H,21,26)(H,22,25). The smallest absolute Gasteiger partial charge is 0.316 e. The van der Waals surface area contributed by atoms with Crippen molar-refractivity contribution in [3.8, 4) is 0 Å². The summed E-state index contributed by atoms with van der Waals surface area (Å²) in [6.45, 7) is 7.14. The van der Waals surface area contributed by atoms with Crippen LogP contribution in [0.4, 0.5) is 11.4 Å². The summed E-state index contributed by atoms with van der Waals surface area (Å²) in [4.78, 5) is 35.8. The molecule has 9 heteroatoms. The predicted molar refractivity (Wildman–Crippen MR) is 114 cm³/mol. The number of anilines is 2. The molecule has 0 atom stereocenters. The van der Waals surface area contributed by atoms with E-state index in [2.05, 4.69) is 15.7 Å². The summed E-state index contributed by atoms with van der Waals surface area (Å²) in [7, 11) is 1.78. The Morgan fingerprint density at radius 2 is 1.79 bits per heavy atom. The van der Waals surface area contributed by atoms with E-state index in [9.17, 15) is 14.4 Å². The zero-order valence-corrected chi connectivity index (χ0v) is 18.1. The van der Waals surface area contributed by atoms with Gasteiger partial charge in [0.25, 0.3) is 5.91 Å². The fourth-order valence-electron chi connectivity index (χ4n) is 2.68. The molecule has 1 aromatic carbocycles. The molecule has 0 bridgehead atoms. The van der Waals surface area contributed by atoms with Crippen molar-refractivity contribution in [1.82, 2.24) is 9.78 Å². The van der Waals surface area contributed by atoms with Crippen molar-refractivity contribution in [2.45, 2.75) is 27.7 Å². The third kappa shape index (κ3) is 6.63. The highest BCUT2D eigenvalue weighted by molar-refractivity contribution is 8.00. The first-order valence-electron chi connectivity index (χ1n) is 9.08. The number of rotatable bonds is 8. The van der Waals surface area contributed by atoms with E-state index in [1.165, 1.54) is 0 Å². The lowest BCUT2D eigenvalue weighted by Crippen LogP contribution is -2.23. The van der Waals surface area contributed by atoms with Gasteiger partial charge >= 0.3 is 5.97 Å². The highest BCUT2D eigenvalue weighted by Gasteiger charge is 2.14. The number of aryl methyl sites for hydroxylation is 4. The van der Waals surface area contributed by atoms with E-state index in [1.54, 1.807) is 18.7 Å². The van der Waals surface area contributed by atoms with Gasteiger partial charge in [0.05, 0.1) is 28.6 Å². The Hall–Kier alpha value is -2.81. The molecule has 29 heavy (non-hydrogen) atoms. The second-order valence-corrected chi connectivity index (χ2v) is 7.72. The number of esters is 1. The maximum atomic E-state index is 12.0. The zero-order chi connectivity index (χ0) is 21.6. The van der Waals surface area contributed by atoms with E-state index < -0.39 is 11.9 Å². The fourth-order valence-corrected chi connectivity index (χ4v) is 3.29. The average molecular weight is 419 g/mol. The molecule has 0 unspecified atom stereocenters. The summed E-state index contributed by atoms with van der Waals surface area (Å²) in [5.41, 5.74) is 4.97. The first-order valence-corrected chi connectivity index (χ1v) is 10.2. The maximum Gasteiger partial charge on any atom is 0.316 e. The summed E-state index contributed by atoms with van der Waals surface area (Å²) in [5.74, 6) is -1.09. The molecule has 1 heterocycles. The molecule has 2 amide bonds. The van der Waals surface area contributed by atoms with Crippen molar-refractivity contribution in [3.05, 3.63) is 40.7 Å². The van der Waals surface area contributed by atoms with E-state index in [-0.39, 0.29) is 24.0 Å². The van der Waals surface area contributed by atoms with E-state index in [1.807, 2.05) is 39.0 Å². The summed E-state index contributed by atoms with van der Waals surface area (Å²) >= 11 is 1.13. The third-order valence-corrected chi connectivity index (χ3v) is 5.15. The number of carbonyl (C=O) groups excluding carboxylic acids is 3. The van der Waals surface area contributed by atoms with Gasteiger partial charge in [-0.05, 0) is 39.3 Å². The monoisotopic (exact) mass is 418 g/mol. The van der Waals surface area contributed by atoms with E-state index in [4.69, 9.17) is 4.74 Å². The van der Waals surface area contributed by atoms with Crippen molar-refractivity contribution >= 4 is 40.9 Å². The number of hydrogen-bond donors (Lipinski definition) is 2. The zero-order valence-electron chi connectivity index (χ0n) is 17.3. The van der Waals surface area contributed by atoms with Gasteiger partial charge in [0, 0.05) is 12.7 Å². The van der Waals surface area contributed by atoms with Gasteiger partial charge in [-0.1, -0.05) is 17.7 Å². The minimum atomic E-state index is -0.552. The molecule has 0 saturated carbocycles. The van der Waals surface area contributed by atoms with Gasteiger partial charge in [0.2, 0.25) is 5.91 Å². The molecule has 0 aliphatic rings. The second-order valence-electron chi connectivity index (χ2n) is 6.74. The number of carbonyl (C=O) groups is 3. The van der Waals surface area contributed by atoms with E-state index in [0.717, 1.165) is 34.3 Å². The topological polar surface area (TPSA) is 102 Å². The number of amides is 2. The van der Waals surface area contributed by atoms with E-state index in [0.29, 0.717) is 11.4 Å². The van der Waals surface area contributed by atoms with Crippen molar-refractivity contribution < 1.29 is 19.1 Å². The number of ether oxygens (including phenoxy) is 1. The molecule has 0 aliphatic carbocycles. The van der Waals surface area contributed by atoms with Gasteiger partial charge in [-0.2, -0.15) is 5.10 Å². The van der Waals surface area contributed by atoms with Crippen LogP contribution in [0.2, 0.25) is 0 Å². The highest BCUT2D eigenvalue weighted by Crippen LogP contribution is 2.18. The summed E-state index contributed by atoms with van der Waals surface area (Å²) < 4.78 is 6.63. The highest BCUT2D eigenvalue weighted by atomic mass is 32.2. The van der Waals surface area contributed by atoms with E-state index >= 15 is 0 Å². The Bertz CT molecular complexity index is 923. The van der Waals surface area contributed by atoms with Crippen molar-refractivity contribution in [2.24, 2.45) is 7.05 Å². The lowest BCUT2D eigenvalue weighted by atomic mass is 10.1. The minimum Gasteiger partial charge on any atom is -0.455 e. The molecule has 0 spiro atoms. The lowest BCUT2D eigenvalue weighted by molar-refractivity contribution is -0.144. The van der Waals surface area contributed by atoms with Crippen molar-refractivity contribution in [1.29, 1.82) is 0 Å². The molecule has 0 saturated heterocycles. The van der Waals surface area contributed by atoms with Crippen LogP contribution in [0, 0.1) is 27.7 Å². The quantitative estimate of drug-likeness (QED) is 0.639. The average Bonchev–Trinajstić information content (AvgIpc) is 2.88. The molecule has 156 valence electrons. The SMILES string of the molecule is Cc1ccc(NC(=O)CSCC(=O)OCC(=O)Nc2c(C)nn(C)c2C)c(C)c1. The van der Waals surface area contributed by atoms with Crippen molar-refractivity contribution in [3.63, 3.8) is 0 Å². The summed E-state index contributed by atoms with van der Waals surface area (Å²) in [5, 5.41) is 9.72. The Labute approximate surface area is 174 Å². The second kappa shape index (κ2) is 10.1. The Morgan fingerprint density at radius 1 is 1.07 bits per heavy atom. The van der Waals surface area contributed by atoms with Gasteiger partial charge in [0.1, 0.15) is 0 Å². The largest absolute Gasteiger partial charge is 0.455 e. The molecule has 0 radical (unpaired) electrons. The molecule has 8 nitrogen and oxygen atoms in total. The number of hydrogen-bond acceptors (Lipinski definition) is 6. The van der Waals surface area contributed by atoms with Crippen LogP contribution in [0.3, 0.4) is 0 Å². The van der Waals surface area contributed by atoms with Crippen LogP contribution in [0.1, 0.15) is 22.5 Å². The van der Waals surface area contributed by atoms with Crippen LogP contribution in [-0.4, -0.2) is 45.7 Å². The number of nitrogens with zero attached hydrogens (tertiary/aromatic N) is 2. The Morgan fingerprint density at radius 3 is 2.41 bits per heavy atom.